The summed E-state index contributed by atoms with van der Waals surface area (Å²) in [5.41, 5.74) is 6.57. The van der Waals surface area contributed by atoms with Gasteiger partial charge in [-0.15, -0.1) is 0 Å². The molecule has 3 N–H and O–H groups in total. The Kier molecular flexibility index (Phi) is 3.48. The van der Waals surface area contributed by atoms with Crippen molar-refractivity contribution in [2.45, 2.75) is 32.2 Å². The molecule has 0 heterocycles. The fourth-order valence-electron chi connectivity index (χ4n) is 2.09. The summed E-state index contributed by atoms with van der Waals surface area (Å²) in [4.78, 5) is 12.1. The van der Waals surface area contributed by atoms with Crippen LogP contribution in [0.25, 0.3) is 0 Å². The van der Waals surface area contributed by atoms with Crippen molar-refractivity contribution in [3.8, 4) is 0 Å². The van der Waals surface area contributed by atoms with Gasteiger partial charge in [0.2, 0.25) is 5.91 Å². The van der Waals surface area contributed by atoms with Crippen molar-refractivity contribution >= 4 is 5.91 Å². The van der Waals surface area contributed by atoms with Crippen molar-refractivity contribution in [1.29, 1.82) is 0 Å². The average Bonchev–Trinajstić information content (AvgIpc) is 3.17. The third-order valence-electron chi connectivity index (χ3n) is 3.64. The average molecular weight is 232 g/mol. The number of amides is 1. The molecule has 1 fully saturated rings. The topological polar surface area (TPSA) is 55.1 Å². The predicted octanol–water partition coefficient (Wildman–Crippen LogP) is 1.99. The second-order valence-corrected chi connectivity index (χ2v) is 4.83. The Morgan fingerprint density at radius 3 is 2.53 bits per heavy atom. The minimum atomic E-state index is -0.262. The van der Waals surface area contributed by atoms with Gasteiger partial charge >= 0.3 is 0 Å². The first-order valence-corrected chi connectivity index (χ1v) is 6.28. The third kappa shape index (κ3) is 2.50. The van der Waals surface area contributed by atoms with Gasteiger partial charge in [-0.25, -0.2) is 0 Å². The Morgan fingerprint density at radius 2 is 2.06 bits per heavy atom. The molecule has 0 aromatic heterocycles. The number of hydrogen-bond acceptors (Lipinski definition) is 2. The molecule has 1 aromatic carbocycles. The number of rotatable bonds is 5. The molecule has 1 saturated carbocycles. The Bertz CT molecular complexity index is 384. The maximum atomic E-state index is 12.1. The monoisotopic (exact) mass is 232 g/mol. The molecule has 0 bridgehead atoms. The molecule has 3 nitrogen and oxygen atoms in total. The number of nitrogens with one attached hydrogen (secondary N) is 1. The van der Waals surface area contributed by atoms with Crippen LogP contribution in [0.1, 0.15) is 37.8 Å². The zero-order chi connectivity index (χ0) is 12.3. The van der Waals surface area contributed by atoms with Gasteiger partial charge in [0.25, 0.3) is 0 Å². The van der Waals surface area contributed by atoms with Gasteiger partial charge in [0.1, 0.15) is 0 Å². The van der Waals surface area contributed by atoms with Crippen LogP contribution in [0.5, 0.6) is 0 Å². The molecular weight excluding hydrogens is 212 g/mol. The second kappa shape index (κ2) is 4.88. The largest absolute Gasteiger partial charge is 0.349 e. The minimum Gasteiger partial charge on any atom is -0.349 e. The van der Waals surface area contributed by atoms with Gasteiger partial charge in [-0.1, -0.05) is 37.3 Å². The summed E-state index contributed by atoms with van der Waals surface area (Å²) in [6.45, 7) is 2.55. The van der Waals surface area contributed by atoms with Crippen LogP contribution in [-0.2, 0) is 4.79 Å². The molecule has 0 radical (unpaired) electrons. The Hall–Kier alpha value is -1.35. The van der Waals surface area contributed by atoms with Crippen LogP contribution in [0.3, 0.4) is 0 Å². The van der Waals surface area contributed by atoms with E-state index in [4.69, 9.17) is 5.73 Å². The number of benzene rings is 1. The van der Waals surface area contributed by atoms with E-state index < -0.39 is 0 Å². The van der Waals surface area contributed by atoms with Crippen LogP contribution in [0.2, 0.25) is 0 Å². The molecule has 0 spiro atoms. The van der Waals surface area contributed by atoms with Gasteiger partial charge in [0, 0.05) is 6.54 Å². The summed E-state index contributed by atoms with van der Waals surface area (Å²) < 4.78 is 0. The highest BCUT2D eigenvalue weighted by Gasteiger charge is 2.48. The van der Waals surface area contributed by atoms with Crippen molar-refractivity contribution in [3.63, 3.8) is 0 Å². The molecule has 1 atom stereocenters. The fraction of sp³-hybridized carbons (Fsp3) is 0.500. The van der Waals surface area contributed by atoms with Crippen LogP contribution in [0, 0.1) is 5.41 Å². The standard InChI is InChI=1S/C14H20N2O/c1-2-12(11-6-4-3-5-7-11)16-13(17)14(10-15)8-9-14/h3-7,12H,2,8-10,15H2,1H3,(H,16,17). The van der Waals surface area contributed by atoms with E-state index >= 15 is 0 Å². The van der Waals surface area contributed by atoms with Crippen molar-refractivity contribution in [2.75, 3.05) is 6.54 Å². The SMILES string of the molecule is CCC(NC(=O)C1(CN)CC1)c1ccccc1. The molecule has 1 unspecified atom stereocenters. The molecule has 0 aliphatic heterocycles. The van der Waals surface area contributed by atoms with Crippen LogP contribution >= 0.6 is 0 Å². The maximum absolute atomic E-state index is 12.1. The molecule has 2 rings (SSSR count). The van der Waals surface area contributed by atoms with Gasteiger partial charge in [-0.2, -0.15) is 0 Å². The minimum absolute atomic E-state index is 0.104. The summed E-state index contributed by atoms with van der Waals surface area (Å²) in [6, 6.07) is 10.2. The van der Waals surface area contributed by atoms with Crippen molar-refractivity contribution < 1.29 is 4.79 Å². The van der Waals surface area contributed by atoms with Gasteiger partial charge < -0.3 is 11.1 Å². The molecule has 1 aromatic rings. The number of carbonyl (C=O) groups is 1. The van der Waals surface area contributed by atoms with Crippen LogP contribution < -0.4 is 11.1 Å². The van der Waals surface area contributed by atoms with Crippen molar-refractivity contribution in [2.24, 2.45) is 11.1 Å². The first-order valence-electron chi connectivity index (χ1n) is 6.28. The number of nitrogens with two attached hydrogens (primary N) is 1. The van der Waals surface area contributed by atoms with Crippen molar-refractivity contribution in [1.82, 2.24) is 5.32 Å². The predicted molar refractivity (Wildman–Crippen MR) is 68.3 cm³/mol. The summed E-state index contributed by atoms with van der Waals surface area (Å²) in [5.74, 6) is 0.121. The van der Waals surface area contributed by atoms with Gasteiger partial charge in [-0.3, -0.25) is 4.79 Å². The smallest absolute Gasteiger partial charge is 0.227 e. The van der Waals surface area contributed by atoms with Crippen LogP contribution in [0.4, 0.5) is 0 Å². The normalized spacial score (nSPS) is 18.5. The highest BCUT2D eigenvalue weighted by atomic mass is 16.2. The van der Waals surface area contributed by atoms with Crippen LogP contribution in [-0.4, -0.2) is 12.5 Å². The van der Waals surface area contributed by atoms with E-state index in [1.165, 1.54) is 0 Å². The highest BCUT2D eigenvalue weighted by molar-refractivity contribution is 5.85. The third-order valence-corrected chi connectivity index (χ3v) is 3.64. The Morgan fingerprint density at radius 1 is 1.41 bits per heavy atom. The first kappa shape index (κ1) is 12.1. The second-order valence-electron chi connectivity index (χ2n) is 4.83. The molecule has 0 saturated heterocycles. The van der Waals surface area contributed by atoms with E-state index in [9.17, 15) is 4.79 Å². The molecule has 1 aliphatic carbocycles. The fourth-order valence-corrected chi connectivity index (χ4v) is 2.09. The molecule has 1 amide bonds. The Labute approximate surface area is 102 Å². The molecular formula is C14H20N2O. The lowest BCUT2D eigenvalue weighted by molar-refractivity contribution is -0.126. The first-order chi connectivity index (χ1) is 8.22. The zero-order valence-electron chi connectivity index (χ0n) is 10.3. The lowest BCUT2D eigenvalue weighted by atomic mass is 10.0. The summed E-state index contributed by atoms with van der Waals surface area (Å²) in [5, 5.41) is 3.12. The highest BCUT2D eigenvalue weighted by Crippen LogP contribution is 2.45. The molecule has 3 heteroatoms. The van der Waals surface area contributed by atoms with E-state index in [-0.39, 0.29) is 17.4 Å². The lowest BCUT2D eigenvalue weighted by Crippen LogP contribution is -2.38. The molecule has 17 heavy (non-hydrogen) atoms. The summed E-state index contributed by atoms with van der Waals surface area (Å²) >= 11 is 0. The lowest BCUT2D eigenvalue weighted by Gasteiger charge is -2.21. The van der Waals surface area contributed by atoms with Crippen molar-refractivity contribution in [3.05, 3.63) is 35.9 Å². The van der Waals surface area contributed by atoms with E-state index in [1.807, 2.05) is 18.2 Å². The molecule has 92 valence electrons. The van der Waals surface area contributed by atoms with Gasteiger partial charge in [0.05, 0.1) is 11.5 Å². The Balaban J connectivity index is 2.04. The van der Waals surface area contributed by atoms with Gasteiger partial charge in [0.15, 0.2) is 0 Å². The summed E-state index contributed by atoms with van der Waals surface area (Å²) in [6.07, 6.45) is 2.76. The molecule has 1 aliphatic rings. The van der Waals surface area contributed by atoms with Gasteiger partial charge in [-0.05, 0) is 24.8 Å². The number of hydrogen-bond donors (Lipinski definition) is 2. The van der Waals surface area contributed by atoms with E-state index in [0.29, 0.717) is 6.54 Å². The van der Waals surface area contributed by atoms with E-state index in [1.54, 1.807) is 0 Å². The summed E-state index contributed by atoms with van der Waals surface area (Å²) in [7, 11) is 0. The van der Waals surface area contributed by atoms with E-state index in [0.717, 1.165) is 24.8 Å². The van der Waals surface area contributed by atoms with E-state index in [2.05, 4.69) is 24.4 Å². The van der Waals surface area contributed by atoms with Crippen LogP contribution in [0.15, 0.2) is 30.3 Å². The quantitative estimate of drug-likeness (QED) is 0.815. The zero-order valence-corrected chi connectivity index (χ0v) is 10.3. The maximum Gasteiger partial charge on any atom is 0.227 e. The number of carbonyl (C=O) groups excluding carboxylic acids is 1.